The van der Waals surface area contributed by atoms with Crippen LogP contribution < -0.4 is 5.56 Å². The number of rotatable bonds is 0. The van der Waals surface area contributed by atoms with Gasteiger partial charge in [-0.3, -0.25) is 9.36 Å². The van der Waals surface area contributed by atoms with Gasteiger partial charge in [0.1, 0.15) is 16.8 Å². The molecule has 5 nitrogen and oxygen atoms in total. The number of nitrogens with zero attached hydrogens (tertiary/aromatic N) is 2. The molecule has 0 fully saturated rings. The lowest BCUT2D eigenvalue weighted by Crippen LogP contribution is -2.34. The van der Waals surface area contributed by atoms with Crippen molar-refractivity contribution < 1.29 is 10.2 Å². The predicted octanol–water partition coefficient (Wildman–Crippen LogP) is 2.72. The summed E-state index contributed by atoms with van der Waals surface area (Å²) in [6.45, 7) is 5.58. The quantitative estimate of drug-likeness (QED) is 0.491. The molecular formula is C16H16N2O3. The molecule has 0 radical (unpaired) electrons. The molecule has 0 aliphatic carbocycles. The lowest BCUT2D eigenvalue weighted by Gasteiger charge is -2.25. The van der Waals surface area contributed by atoms with Crippen LogP contribution in [0.15, 0.2) is 35.3 Å². The molecule has 0 saturated heterocycles. The second-order valence-electron chi connectivity index (χ2n) is 6.04. The van der Waals surface area contributed by atoms with Gasteiger partial charge in [0, 0.05) is 16.3 Å². The summed E-state index contributed by atoms with van der Waals surface area (Å²) in [5.74, 6) is -0.0741. The van der Waals surface area contributed by atoms with Gasteiger partial charge in [-0.1, -0.05) is 24.3 Å². The number of fused-ring (bicyclic) bond motifs is 2. The SMILES string of the molecule is CC(C)(C)n1c(=O)cnc2c(O)c3ccccc3c(O)c21. The molecule has 0 unspecified atom stereocenters. The highest BCUT2D eigenvalue weighted by Crippen LogP contribution is 2.40. The zero-order valence-corrected chi connectivity index (χ0v) is 12.1. The van der Waals surface area contributed by atoms with Crippen LogP contribution in [0.25, 0.3) is 21.8 Å². The molecule has 0 spiro atoms. The molecule has 2 aromatic carbocycles. The van der Waals surface area contributed by atoms with Crippen molar-refractivity contribution in [3.63, 3.8) is 0 Å². The van der Waals surface area contributed by atoms with Crippen molar-refractivity contribution in [2.75, 3.05) is 0 Å². The zero-order chi connectivity index (χ0) is 15.4. The first kappa shape index (κ1) is 13.4. The van der Waals surface area contributed by atoms with Crippen LogP contribution in [0.4, 0.5) is 0 Å². The molecule has 0 aliphatic heterocycles. The molecule has 21 heavy (non-hydrogen) atoms. The highest BCUT2D eigenvalue weighted by molar-refractivity contribution is 6.07. The van der Waals surface area contributed by atoms with E-state index in [0.717, 1.165) is 0 Å². The number of aromatic nitrogens is 2. The molecule has 0 aliphatic rings. The van der Waals surface area contributed by atoms with Crippen LogP contribution in [0.1, 0.15) is 20.8 Å². The first-order chi connectivity index (χ1) is 9.82. The first-order valence-electron chi connectivity index (χ1n) is 6.67. The van der Waals surface area contributed by atoms with E-state index in [1.165, 1.54) is 10.8 Å². The Labute approximate surface area is 121 Å². The normalized spacial score (nSPS) is 12.1. The van der Waals surface area contributed by atoms with E-state index in [4.69, 9.17) is 0 Å². The molecule has 1 heterocycles. The van der Waals surface area contributed by atoms with Crippen molar-refractivity contribution in [3.8, 4) is 11.5 Å². The van der Waals surface area contributed by atoms with Gasteiger partial charge in [0.25, 0.3) is 5.56 Å². The lowest BCUT2D eigenvalue weighted by atomic mass is 10.0. The number of benzene rings is 2. The van der Waals surface area contributed by atoms with E-state index in [2.05, 4.69) is 4.98 Å². The van der Waals surface area contributed by atoms with Crippen LogP contribution in [0.5, 0.6) is 11.5 Å². The maximum absolute atomic E-state index is 12.2. The van der Waals surface area contributed by atoms with E-state index >= 15 is 0 Å². The third kappa shape index (κ3) is 1.85. The number of hydrogen-bond donors (Lipinski definition) is 2. The summed E-state index contributed by atoms with van der Waals surface area (Å²) in [5.41, 5.74) is -0.392. The second-order valence-corrected chi connectivity index (χ2v) is 6.04. The van der Waals surface area contributed by atoms with Gasteiger partial charge in [-0.25, -0.2) is 4.98 Å². The van der Waals surface area contributed by atoms with Crippen LogP contribution in [0.2, 0.25) is 0 Å². The fraction of sp³-hybridized carbons (Fsp3) is 0.250. The largest absolute Gasteiger partial charge is 0.505 e. The van der Waals surface area contributed by atoms with Crippen molar-refractivity contribution in [1.82, 2.24) is 9.55 Å². The van der Waals surface area contributed by atoms with Gasteiger partial charge >= 0.3 is 0 Å². The van der Waals surface area contributed by atoms with Gasteiger partial charge in [-0.05, 0) is 20.8 Å². The van der Waals surface area contributed by atoms with E-state index in [1.807, 2.05) is 20.8 Å². The molecule has 2 N–H and O–H groups in total. The number of phenolic OH excluding ortho intramolecular Hbond substituents is 2. The monoisotopic (exact) mass is 284 g/mol. The van der Waals surface area contributed by atoms with Gasteiger partial charge in [0.2, 0.25) is 0 Å². The fourth-order valence-electron chi connectivity index (χ4n) is 2.66. The van der Waals surface area contributed by atoms with Crippen molar-refractivity contribution in [2.24, 2.45) is 0 Å². The van der Waals surface area contributed by atoms with Crippen LogP contribution in [-0.2, 0) is 5.54 Å². The summed E-state index contributed by atoms with van der Waals surface area (Å²) in [6.07, 6.45) is 1.17. The van der Waals surface area contributed by atoms with E-state index in [1.54, 1.807) is 24.3 Å². The maximum atomic E-state index is 12.2. The van der Waals surface area contributed by atoms with Gasteiger partial charge in [0.05, 0.1) is 6.20 Å². The highest BCUT2D eigenvalue weighted by Gasteiger charge is 2.23. The summed E-state index contributed by atoms with van der Waals surface area (Å²) in [7, 11) is 0. The number of aromatic hydroxyl groups is 2. The minimum absolute atomic E-state index is 0.0311. The fourth-order valence-corrected chi connectivity index (χ4v) is 2.66. The summed E-state index contributed by atoms with van der Waals surface area (Å²) in [4.78, 5) is 16.2. The van der Waals surface area contributed by atoms with E-state index in [9.17, 15) is 15.0 Å². The second kappa shape index (κ2) is 4.22. The first-order valence-corrected chi connectivity index (χ1v) is 6.67. The molecule has 0 atom stereocenters. The van der Waals surface area contributed by atoms with Gasteiger partial charge < -0.3 is 10.2 Å². The van der Waals surface area contributed by atoms with Crippen molar-refractivity contribution in [1.29, 1.82) is 0 Å². The number of hydrogen-bond acceptors (Lipinski definition) is 4. The molecule has 5 heteroatoms. The molecule has 1 aromatic heterocycles. The third-order valence-corrected chi connectivity index (χ3v) is 3.53. The highest BCUT2D eigenvalue weighted by atomic mass is 16.3. The molecule has 0 saturated carbocycles. The molecule has 3 aromatic rings. The molecular weight excluding hydrogens is 268 g/mol. The van der Waals surface area contributed by atoms with Gasteiger partial charge in [-0.2, -0.15) is 0 Å². The smallest absolute Gasteiger partial charge is 0.270 e. The van der Waals surface area contributed by atoms with Crippen LogP contribution in [0.3, 0.4) is 0 Å². The van der Waals surface area contributed by atoms with Crippen LogP contribution >= 0.6 is 0 Å². The Hall–Kier alpha value is -2.56. The summed E-state index contributed by atoms with van der Waals surface area (Å²) < 4.78 is 1.46. The van der Waals surface area contributed by atoms with Crippen molar-refractivity contribution >= 4 is 21.8 Å². The van der Waals surface area contributed by atoms with Crippen molar-refractivity contribution in [3.05, 3.63) is 40.8 Å². The van der Waals surface area contributed by atoms with Crippen LogP contribution in [0, 0.1) is 0 Å². The summed E-state index contributed by atoms with van der Waals surface area (Å²) in [6, 6.07) is 6.95. The lowest BCUT2D eigenvalue weighted by molar-refractivity contribution is 0.389. The third-order valence-electron chi connectivity index (χ3n) is 3.53. The molecule has 3 rings (SSSR count). The predicted molar refractivity (Wildman–Crippen MR) is 81.8 cm³/mol. The number of phenols is 2. The topological polar surface area (TPSA) is 75.4 Å². The maximum Gasteiger partial charge on any atom is 0.270 e. The Bertz CT molecular complexity index is 921. The summed E-state index contributed by atoms with van der Waals surface area (Å²) in [5, 5.41) is 22.0. The zero-order valence-electron chi connectivity index (χ0n) is 12.1. The minimum atomic E-state index is -0.551. The van der Waals surface area contributed by atoms with Crippen molar-refractivity contribution in [2.45, 2.75) is 26.3 Å². The van der Waals surface area contributed by atoms with Gasteiger partial charge in [0.15, 0.2) is 5.75 Å². The molecule has 108 valence electrons. The molecule has 0 amide bonds. The molecule has 0 bridgehead atoms. The summed E-state index contributed by atoms with van der Waals surface area (Å²) >= 11 is 0. The Morgan fingerprint density at radius 1 is 1.05 bits per heavy atom. The van der Waals surface area contributed by atoms with E-state index in [-0.39, 0.29) is 28.1 Å². The average molecular weight is 284 g/mol. The van der Waals surface area contributed by atoms with Crippen LogP contribution in [-0.4, -0.2) is 19.8 Å². The van der Waals surface area contributed by atoms with E-state index in [0.29, 0.717) is 10.8 Å². The van der Waals surface area contributed by atoms with E-state index < -0.39 is 5.54 Å². The Morgan fingerprint density at radius 2 is 1.62 bits per heavy atom. The average Bonchev–Trinajstić information content (AvgIpc) is 2.43. The Morgan fingerprint density at radius 3 is 2.19 bits per heavy atom. The minimum Gasteiger partial charge on any atom is -0.505 e. The van der Waals surface area contributed by atoms with Gasteiger partial charge in [-0.15, -0.1) is 0 Å². The Kier molecular flexibility index (Phi) is 2.69. The Balaban J connectivity index is 2.68. The standard InChI is InChI=1S/C16H16N2O3/c1-16(2,3)18-11(19)8-17-12-13(18)15(21)10-7-5-4-6-9(10)14(12)20/h4-8,20-21H,1-3H3.